The maximum Gasteiger partial charge on any atom is 0.156 e. The summed E-state index contributed by atoms with van der Waals surface area (Å²) in [4.78, 5) is 0. The number of nitrogens with zero attached hydrogens (tertiary/aromatic N) is 2. The van der Waals surface area contributed by atoms with E-state index in [1.165, 1.54) is 0 Å². The van der Waals surface area contributed by atoms with E-state index in [0.29, 0.717) is 5.92 Å². The van der Waals surface area contributed by atoms with Crippen LogP contribution in [0.15, 0.2) is 24.3 Å². The molecule has 0 aliphatic heterocycles. The normalized spacial score (nSPS) is 12.9. The van der Waals surface area contributed by atoms with Crippen molar-refractivity contribution in [2.24, 2.45) is 5.92 Å². The summed E-state index contributed by atoms with van der Waals surface area (Å²) in [6.45, 7) is 6.17. The molecule has 0 aliphatic rings. The first kappa shape index (κ1) is 12.8. The SMILES string of the molecule is Cc1nnc(NC(CO)C(C)C)c2ccccc12. The summed E-state index contributed by atoms with van der Waals surface area (Å²) in [6, 6.07) is 8.03. The van der Waals surface area contributed by atoms with Gasteiger partial charge in [0, 0.05) is 10.8 Å². The smallest absolute Gasteiger partial charge is 0.156 e. The average molecular weight is 245 g/mol. The zero-order valence-electron chi connectivity index (χ0n) is 11.0. The standard InChI is InChI=1S/C14H19N3O/c1-9(2)13(8-18)15-14-12-7-5-4-6-11(12)10(3)16-17-14/h4-7,9,13,18H,8H2,1-3H3,(H,15,17). The molecule has 1 aromatic heterocycles. The molecular formula is C14H19N3O. The van der Waals surface area contributed by atoms with E-state index in [0.717, 1.165) is 22.3 Å². The monoisotopic (exact) mass is 245 g/mol. The minimum atomic E-state index is -0.00888. The van der Waals surface area contributed by atoms with Gasteiger partial charge in [0.05, 0.1) is 18.3 Å². The molecule has 0 aliphatic carbocycles. The van der Waals surface area contributed by atoms with E-state index in [-0.39, 0.29) is 12.6 Å². The van der Waals surface area contributed by atoms with Gasteiger partial charge in [-0.3, -0.25) is 0 Å². The number of aryl methyl sites for hydroxylation is 1. The molecule has 1 heterocycles. The second-order valence-corrected chi connectivity index (χ2v) is 4.86. The Morgan fingerprint density at radius 1 is 1.17 bits per heavy atom. The predicted molar refractivity (Wildman–Crippen MR) is 73.6 cm³/mol. The van der Waals surface area contributed by atoms with Crippen LogP contribution in [0, 0.1) is 12.8 Å². The summed E-state index contributed by atoms with van der Waals surface area (Å²) in [7, 11) is 0. The lowest BCUT2D eigenvalue weighted by atomic mass is 10.0. The maximum atomic E-state index is 9.37. The van der Waals surface area contributed by atoms with E-state index >= 15 is 0 Å². The molecule has 0 spiro atoms. The number of nitrogens with one attached hydrogen (secondary N) is 1. The minimum absolute atomic E-state index is 0.00888. The van der Waals surface area contributed by atoms with Gasteiger partial charge in [-0.25, -0.2) is 0 Å². The summed E-state index contributed by atoms with van der Waals surface area (Å²) in [6.07, 6.45) is 0. The lowest BCUT2D eigenvalue weighted by molar-refractivity contribution is 0.249. The van der Waals surface area contributed by atoms with E-state index in [4.69, 9.17) is 0 Å². The van der Waals surface area contributed by atoms with Gasteiger partial charge >= 0.3 is 0 Å². The minimum Gasteiger partial charge on any atom is -0.394 e. The van der Waals surface area contributed by atoms with Crippen LogP contribution in [0.5, 0.6) is 0 Å². The van der Waals surface area contributed by atoms with Crippen LogP contribution in [0.3, 0.4) is 0 Å². The molecule has 0 amide bonds. The predicted octanol–water partition coefficient (Wildman–Crippen LogP) is 2.37. The van der Waals surface area contributed by atoms with Gasteiger partial charge in [-0.1, -0.05) is 38.1 Å². The first-order valence-electron chi connectivity index (χ1n) is 6.23. The lowest BCUT2D eigenvalue weighted by Crippen LogP contribution is -2.30. The molecule has 2 aromatic rings. The number of hydrogen-bond acceptors (Lipinski definition) is 4. The fraction of sp³-hybridized carbons (Fsp3) is 0.429. The summed E-state index contributed by atoms with van der Waals surface area (Å²) < 4.78 is 0. The zero-order chi connectivity index (χ0) is 13.1. The van der Waals surface area contributed by atoms with Crippen molar-refractivity contribution in [2.45, 2.75) is 26.8 Å². The molecule has 2 rings (SSSR count). The molecule has 4 nitrogen and oxygen atoms in total. The molecule has 96 valence electrons. The van der Waals surface area contributed by atoms with Gasteiger partial charge in [-0.05, 0) is 12.8 Å². The van der Waals surface area contributed by atoms with Crippen LogP contribution in [0.4, 0.5) is 5.82 Å². The molecule has 0 radical (unpaired) electrons. The Balaban J connectivity index is 2.42. The van der Waals surface area contributed by atoms with Crippen molar-refractivity contribution in [1.82, 2.24) is 10.2 Å². The van der Waals surface area contributed by atoms with E-state index in [1.807, 2.05) is 31.2 Å². The fourth-order valence-corrected chi connectivity index (χ4v) is 1.94. The van der Waals surface area contributed by atoms with Crippen molar-refractivity contribution < 1.29 is 5.11 Å². The first-order valence-corrected chi connectivity index (χ1v) is 6.23. The molecule has 18 heavy (non-hydrogen) atoms. The van der Waals surface area contributed by atoms with Crippen LogP contribution in [0.1, 0.15) is 19.5 Å². The molecule has 1 aromatic carbocycles. The van der Waals surface area contributed by atoms with Crippen molar-refractivity contribution in [2.75, 3.05) is 11.9 Å². The number of fused-ring (bicyclic) bond motifs is 1. The fourth-order valence-electron chi connectivity index (χ4n) is 1.94. The topological polar surface area (TPSA) is 58.0 Å². The number of rotatable bonds is 4. The summed E-state index contributed by atoms with van der Waals surface area (Å²) in [5.74, 6) is 1.07. The third kappa shape index (κ3) is 2.43. The Labute approximate surface area is 107 Å². The highest BCUT2D eigenvalue weighted by molar-refractivity contribution is 5.92. The Kier molecular flexibility index (Phi) is 3.77. The molecular weight excluding hydrogens is 226 g/mol. The second kappa shape index (κ2) is 5.31. The van der Waals surface area contributed by atoms with Gasteiger partial charge in [0.1, 0.15) is 0 Å². The van der Waals surface area contributed by atoms with Crippen LogP contribution in [0.25, 0.3) is 10.8 Å². The third-order valence-electron chi connectivity index (χ3n) is 3.20. The average Bonchev–Trinajstić information content (AvgIpc) is 2.38. The quantitative estimate of drug-likeness (QED) is 0.868. The van der Waals surface area contributed by atoms with Gasteiger partial charge < -0.3 is 10.4 Å². The van der Waals surface area contributed by atoms with E-state index in [9.17, 15) is 5.11 Å². The number of aromatic nitrogens is 2. The maximum absolute atomic E-state index is 9.37. The van der Waals surface area contributed by atoms with Crippen molar-refractivity contribution in [3.8, 4) is 0 Å². The van der Waals surface area contributed by atoms with Crippen LogP contribution >= 0.6 is 0 Å². The van der Waals surface area contributed by atoms with E-state index in [1.54, 1.807) is 0 Å². The number of benzene rings is 1. The zero-order valence-corrected chi connectivity index (χ0v) is 11.0. The number of anilines is 1. The van der Waals surface area contributed by atoms with Crippen LogP contribution in [-0.4, -0.2) is 28.0 Å². The number of aliphatic hydroxyl groups is 1. The highest BCUT2D eigenvalue weighted by Crippen LogP contribution is 2.23. The summed E-state index contributed by atoms with van der Waals surface area (Å²) in [5.41, 5.74) is 0.918. The largest absolute Gasteiger partial charge is 0.394 e. The highest BCUT2D eigenvalue weighted by atomic mass is 16.3. The molecule has 2 N–H and O–H groups in total. The van der Waals surface area contributed by atoms with E-state index in [2.05, 4.69) is 29.4 Å². The third-order valence-corrected chi connectivity index (χ3v) is 3.20. The first-order chi connectivity index (χ1) is 8.63. The molecule has 0 fully saturated rings. The van der Waals surface area contributed by atoms with Gasteiger partial charge in [-0.2, -0.15) is 5.10 Å². The molecule has 0 saturated heterocycles. The van der Waals surface area contributed by atoms with Crippen molar-refractivity contribution in [3.05, 3.63) is 30.0 Å². The van der Waals surface area contributed by atoms with Gasteiger partial charge in [0.15, 0.2) is 5.82 Å². The number of hydrogen-bond donors (Lipinski definition) is 2. The summed E-state index contributed by atoms with van der Waals surface area (Å²) >= 11 is 0. The van der Waals surface area contributed by atoms with Crippen molar-refractivity contribution in [1.29, 1.82) is 0 Å². The van der Waals surface area contributed by atoms with E-state index < -0.39 is 0 Å². The van der Waals surface area contributed by atoms with Crippen LogP contribution in [0.2, 0.25) is 0 Å². The molecule has 1 unspecified atom stereocenters. The lowest BCUT2D eigenvalue weighted by Gasteiger charge is -2.21. The Morgan fingerprint density at radius 3 is 2.44 bits per heavy atom. The molecule has 1 atom stereocenters. The Bertz CT molecular complexity index is 540. The van der Waals surface area contributed by atoms with Crippen molar-refractivity contribution in [3.63, 3.8) is 0 Å². The molecule has 4 heteroatoms. The van der Waals surface area contributed by atoms with Crippen LogP contribution in [-0.2, 0) is 0 Å². The summed E-state index contributed by atoms with van der Waals surface area (Å²) in [5, 5.41) is 23.2. The second-order valence-electron chi connectivity index (χ2n) is 4.86. The van der Waals surface area contributed by atoms with Gasteiger partial charge in [-0.15, -0.1) is 5.10 Å². The van der Waals surface area contributed by atoms with Crippen molar-refractivity contribution >= 4 is 16.6 Å². The van der Waals surface area contributed by atoms with Gasteiger partial charge in [0.25, 0.3) is 0 Å². The van der Waals surface area contributed by atoms with Gasteiger partial charge in [0.2, 0.25) is 0 Å². The van der Waals surface area contributed by atoms with Crippen LogP contribution < -0.4 is 5.32 Å². The Morgan fingerprint density at radius 2 is 1.83 bits per heavy atom. The Hall–Kier alpha value is -1.68. The molecule has 0 saturated carbocycles. The highest BCUT2D eigenvalue weighted by Gasteiger charge is 2.14. The molecule has 0 bridgehead atoms. The number of aliphatic hydroxyl groups excluding tert-OH is 1.